The molecule has 1 aromatic heterocycles. The van der Waals surface area contributed by atoms with Crippen molar-refractivity contribution in [3.05, 3.63) is 24.3 Å². The molecule has 3 nitrogen and oxygen atoms in total. The van der Waals surface area contributed by atoms with Crippen LogP contribution in [0.1, 0.15) is 19.3 Å². The summed E-state index contributed by atoms with van der Waals surface area (Å²) in [6, 6.07) is 3.55. The van der Waals surface area contributed by atoms with E-state index in [9.17, 15) is 4.39 Å². The molecule has 2 saturated heterocycles. The smallest absolute Gasteiger partial charge is 0.214 e. The molecule has 2 aliphatic heterocycles. The fourth-order valence-electron chi connectivity index (χ4n) is 2.50. The second-order valence-electron chi connectivity index (χ2n) is 4.23. The lowest BCUT2D eigenvalue weighted by atomic mass is 9.95. The van der Waals surface area contributed by atoms with Crippen molar-refractivity contribution in [3.8, 4) is 0 Å². The molecule has 15 heavy (non-hydrogen) atoms. The van der Waals surface area contributed by atoms with Crippen LogP contribution in [-0.4, -0.2) is 23.2 Å². The highest BCUT2D eigenvalue weighted by molar-refractivity contribution is 5.43. The van der Waals surface area contributed by atoms with E-state index >= 15 is 0 Å². The number of nitrogens with zero attached hydrogens (tertiary/aromatic N) is 1. The summed E-state index contributed by atoms with van der Waals surface area (Å²) < 4.78 is 18.6. The second-order valence-corrected chi connectivity index (χ2v) is 4.23. The first-order valence-corrected chi connectivity index (χ1v) is 5.35. The lowest BCUT2D eigenvalue weighted by Crippen LogP contribution is -2.30. The number of halogens is 1. The lowest BCUT2D eigenvalue weighted by molar-refractivity contribution is 0.102. The number of fused-ring (bicyclic) bond motifs is 2. The van der Waals surface area contributed by atoms with Gasteiger partial charge in [0, 0.05) is 18.0 Å². The van der Waals surface area contributed by atoms with E-state index in [1.807, 2.05) is 0 Å². The van der Waals surface area contributed by atoms with Gasteiger partial charge in [-0.05, 0) is 25.3 Å². The quantitative estimate of drug-likeness (QED) is 0.754. The van der Waals surface area contributed by atoms with Gasteiger partial charge in [0.25, 0.3) is 0 Å². The summed E-state index contributed by atoms with van der Waals surface area (Å²) in [5, 5.41) is 3.31. The summed E-state index contributed by atoms with van der Waals surface area (Å²) in [7, 11) is 0. The van der Waals surface area contributed by atoms with Gasteiger partial charge in [0.05, 0.1) is 18.2 Å². The van der Waals surface area contributed by atoms with E-state index < -0.39 is 5.95 Å². The average Bonchev–Trinajstić information content (AvgIpc) is 2.79. The third kappa shape index (κ3) is 1.69. The van der Waals surface area contributed by atoms with Crippen LogP contribution in [0.25, 0.3) is 0 Å². The van der Waals surface area contributed by atoms with E-state index in [-0.39, 0.29) is 0 Å². The summed E-state index contributed by atoms with van der Waals surface area (Å²) in [6.07, 6.45) is 5.54. The van der Waals surface area contributed by atoms with Gasteiger partial charge >= 0.3 is 0 Å². The summed E-state index contributed by atoms with van der Waals surface area (Å²) in [6.45, 7) is 0. The molecular formula is C11H13FN2O. The van der Waals surface area contributed by atoms with Gasteiger partial charge in [-0.1, -0.05) is 0 Å². The van der Waals surface area contributed by atoms with E-state index in [0.29, 0.717) is 18.2 Å². The van der Waals surface area contributed by atoms with E-state index in [1.165, 1.54) is 18.7 Å². The number of hydrogen-bond donors (Lipinski definition) is 1. The summed E-state index contributed by atoms with van der Waals surface area (Å²) in [5.41, 5.74) is 0.795. The molecule has 0 amide bonds. The normalized spacial score (nSPS) is 33.3. The maximum Gasteiger partial charge on any atom is 0.214 e. The molecule has 3 atom stereocenters. The Morgan fingerprint density at radius 1 is 1.47 bits per heavy atom. The van der Waals surface area contributed by atoms with E-state index in [4.69, 9.17) is 4.74 Å². The summed E-state index contributed by atoms with van der Waals surface area (Å²) >= 11 is 0. The van der Waals surface area contributed by atoms with E-state index in [1.54, 1.807) is 6.07 Å². The van der Waals surface area contributed by atoms with Gasteiger partial charge in [-0.2, -0.15) is 4.39 Å². The Balaban J connectivity index is 1.71. The minimum absolute atomic E-state index is 0.311. The molecule has 80 valence electrons. The minimum Gasteiger partial charge on any atom is -0.379 e. The van der Waals surface area contributed by atoms with E-state index in [2.05, 4.69) is 10.3 Å². The zero-order valence-electron chi connectivity index (χ0n) is 8.32. The van der Waals surface area contributed by atoms with Crippen molar-refractivity contribution in [2.45, 2.75) is 37.5 Å². The fourth-order valence-corrected chi connectivity index (χ4v) is 2.50. The van der Waals surface area contributed by atoms with Crippen LogP contribution < -0.4 is 5.32 Å². The van der Waals surface area contributed by atoms with Gasteiger partial charge in [0.1, 0.15) is 0 Å². The van der Waals surface area contributed by atoms with Crippen LogP contribution in [0.4, 0.5) is 10.1 Å². The maximum atomic E-state index is 12.8. The van der Waals surface area contributed by atoms with Gasteiger partial charge in [-0.25, -0.2) is 4.98 Å². The predicted molar refractivity (Wildman–Crippen MR) is 54.1 cm³/mol. The maximum absolute atomic E-state index is 12.8. The summed E-state index contributed by atoms with van der Waals surface area (Å²) in [5.74, 6) is -0.441. The number of nitrogens with one attached hydrogen (secondary N) is 1. The molecule has 3 unspecified atom stereocenters. The number of anilines is 1. The molecule has 0 aromatic carbocycles. The second kappa shape index (κ2) is 3.45. The topological polar surface area (TPSA) is 34.1 Å². The Morgan fingerprint density at radius 3 is 3.07 bits per heavy atom. The first-order valence-electron chi connectivity index (χ1n) is 5.35. The zero-order valence-corrected chi connectivity index (χ0v) is 8.32. The van der Waals surface area contributed by atoms with Crippen molar-refractivity contribution in [2.24, 2.45) is 0 Å². The highest BCUT2D eigenvalue weighted by Crippen LogP contribution is 2.35. The van der Waals surface area contributed by atoms with Gasteiger partial charge in [-0.15, -0.1) is 0 Å². The van der Waals surface area contributed by atoms with Crippen molar-refractivity contribution >= 4 is 5.69 Å². The van der Waals surface area contributed by atoms with Crippen LogP contribution in [0.2, 0.25) is 0 Å². The monoisotopic (exact) mass is 208 g/mol. The van der Waals surface area contributed by atoms with Gasteiger partial charge in [-0.3, -0.25) is 0 Å². The van der Waals surface area contributed by atoms with Crippen LogP contribution in [0, 0.1) is 5.95 Å². The highest BCUT2D eigenvalue weighted by Gasteiger charge is 2.40. The van der Waals surface area contributed by atoms with Crippen molar-refractivity contribution in [2.75, 3.05) is 5.32 Å². The molecule has 2 aliphatic rings. The molecule has 2 fully saturated rings. The Labute approximate surface area is 87.7 Å². The molecule has 0 spiro atoms. The average molecular weight is 208 g/mol. The number of pyridine rings is 1. The van der Waals surface area contributed by atoms with Gasteiger partial charge in [0.15, 0.2) is 0 Å². The summed E-state index contributed by atoms with van der Waals surface area (Å²) in [4.78, 5) is 3.52. The Morgan fingerprint density at radius 2 is 2.40 bits per heavy atom. The molecule has 1 aromatic rings. The van der Waals surface area contributed by atoms with Crippen molar-refractivity contribution in [3.63, 3.8) is 0 Å². The van der Waals surface area contributed by atoms with Crippen LogP contribution in [-0.2, 0) is 4.74 Å². The van der Waals surface area contributed by atoms with Crippen molar-refractivity contribution in [1.82, 2.24) is 4.98 Å². The van der Waals surface area contributed by atoms with Crippen LogP contribution in [0.5, 0.6) is 0 Å². The SMILES string of the molecule is Fc1cc(NC2CC3CCC2O3)ccn1. The third-order valence-corrected chi connectivity index (χ3v) is 3.18. The number of aromatic nitrogens is 1. The number of ether oxygens (including phenoxy) is 1. The molecule has 0 saturated carbocycles. The Kier molecular flexibility index (Phi) is 2.09. The fraction of sp³-hybridized carbons (Fsp3) is 0.545. The standard InChI is InChI=1S/C11H13FN2O/c12-11-5-7(3-4-13-11)14-9-6-8-1-2-10(9)15-8/h3-5,8-10H,1-2,6H2,(H,13,14). The lowest BCUT2D eigenvalue weighted by Gasteiger charge is -2.20. The minimum atomic E-state index is -0.441. The van der Waals surface area contributed by atoms with E-state index in [0.717, 1.165) is 18.5 Å². The molecule has 0 aliphatic carbocycles. The Bertz CT molecular complexity index is 371. The molecule has 0 radical (unpaired) electrons. The molecular weight excluding hydrogens is 195 g/mol. The Hall–Kier alpha value is -1.16. The molecule has 3 heterocycles. The van der Waals surface area contributed by atoms with Gasteiger partial charge in [0.2, 0.25) is 5.95 Å². The first-order chi connectivity index (χ1) is 7.31. The van der Waals surface area contributed by atoms with Gasteiger partial charge < -0.3 is 10.1 Å². The molecule has 4 heteroatoms. The third-order valence-electron chi connectivity index (χ3n) is 3.18. The van der Waals surface area contributed by atoms with Crippen LogP contribution in [0.15, 0.2) is 18.3 Å². The number of hydrogen-bond acceptors (Lipinski definition) is 3. The van der Waals surface area contributed by atoms with Crippen LogP contribution in [0.3, 0.4) is 0 Å². The molecule has 2 bridgehead atoms. The zero-order chi connectivity index (χ0) is 10.3. The largest absolute Gasteiger partial charge is 0.379 e. The molecule has 1 N–H and O–H groups in total. The predicted octanol–water partition coefficient (Wildman–Crippen LogP) is 1.95. The van der Waals surface area contributed by atoms with Crippen molar-refractivity contribution < 1.29 is 9.13 Å². The molecule has 3 rings (SSSR count). The van der Waals surface area contributed by atoms with Crippen LogP contribution >= 0.6 is 0 Å². The first kappa shape index (κ1) is 9.09. The van der Waals surface area contributed by atoms with Crippen molar-refractivity contribution in [1.29, 1.82) is 0 Å². The highest BCUT2D eigenvalue weighted by atomic mass is 19.1. The number of rotatable bonds is 2.